The third kappa shape index (κ3) is 9.49. The first kappa shape index (κ1) is 43.3. The number of unbranched alkanes of at least 4 members (excludes halogenated alkanes) is 1. The summed E-state index contributed by atoms with van der Waals surface area (Å²) in [4.78, 5) is 35.3. The van der Waals surface area contributed by atoms with Crippen molar-refractivity contribution < 1.29 is 81.3 Å². The van der Waals surface area contributed by atoms with Gasteiger partial charge in [-0.1, -0.05) is 45.2 Å². The Hall–Kier alpha value is -1.75. The summed E-state index contributed by atoms with van der Waals surface area (Å²) in [6.07, 6.45) is -5.56. The summed E-state index contributed by atoms with van der Waals surface area (Å²) in [5.41, 5.74) is 0.158. The molecule has 1 rings (SSSR count). The van der Waals surface area contributed by atoms with Crippen LogP contribution in [-0.2, 0) is 19.0 Å². The van der Waals surface area contributed by atoms with Crippen molar-refractivity contribution in [1.29, 1.82) is 0 Å². The molecule has 0 amide bonds. The van der Waals surface area contributed by atoms with E-state index in [2.05, 4.69) is 4.74 Å². The Kier molecular flexibility index (Phi) is 14.6. The largest absolute Gasteiger partial charge is 0.468 e. The highest BCUT2D eigenvalue weighted by molar-refractivity contribution is 14.1. The van der Waals surface area contributed by atoms with Crippen molar-refractivity contribution in [3.05, 3.63) is 35.4 Å². The van der Waals surface area contributed by atoms with Crippen LogP contribution in [0, 0.1) is 0 Å². The molecule has 2 atom stereocenters. The van der Waals surface area contributed by atoms with E-state index in [0.717, 1.165) is 45.2 Å². The topological polar surface area (TPSA) is 78.9 Å². The summed E-state index contributed by atoms with van der Waals surface area (Å²) in [7, 11) is 0.591. The Morgan fingerprint density at radius 3 is 1.57 bits per heavy atom. The van der Waals surface area contributed by atoms with Gasteiger partial charge in [-0.3, -0.25) is 4.79 Å². The van der Waals surface area contributed by atoms with E-state index in [1.54, 1.807) is 6.92 Å². The molecule has 270 valence electrons. The highest BCUT2D eigenvalue weighted by atomic mass is 127. The van der Waals surface area contributed by atoms with Crippen LogP contribution in [0.3, 0.4) is 0 Å². The molecule has 0 spiro atoms. The zero-order valence-corrected chi connectivity index (χ0v) is 28.9. The van der Waals surface area contributed by atoms with E-state index >= 15 is 0 Å². The van der Waals surface area contributed by atoms with E-state index in [-0.39, 0.29) is 37.2 Å². The average Bonchev–Trinajstić information content (AvgIpc) is 2.95. The van der Waals surface area contributed by atoms with Crippen molar-refractivity contribution in [3.8, 4) is 0 Å². The number of methoxy groups -OCH3 is 1. The number of rotatable bonds is 18. The summed E-state index contributed by atoms with van der Waals surface area (Å²) in [6.45, 7) is 1.83. The molecule has 0 saturated carbocycles. The normalized spacial score (nSPS) is 15.4. The summed E-state index contributed by atoms with van der Waals surface area (Å²) in [5.74, 6) is -45.7. The molecule has 0 radical (unpaired) electrons. The molecule has 0 aliphatic rings. The minimum atomic E-state index is -7.75. The molecule has 0 fully saturated rings. The first-order chi connectivity index (χ1) is 21.2. The second kappa shape index (κ2) is 15.9. The molecule has 0 aliphatic carbocycles. The van der Waals surface area contributed by atoms with E-state index < -0.39 is 80.1 Å². The predicted molar refractivity (Wildman–Crippen MR) is 158 cm³/mol. The van der Waals surface area contributed by atoms with Crippen molar-refractivity contribution in [2.75, 3.05) is 20.3 Å². The molecule has 1 aromatic carbocycles. The minimum absolute atomic E-state index is 0.0135. The van der Waals surface area contributed by atoms with Crippen LogP contribution in [0.1, 0.15) is 66.7 Å². The lowest BCUT2D eigenvalue weighted by atomic mass is 9.87. The minimum Gasteiger partial charge on any atom is -0.468 e. The Balaban J connectivity index is 2.89. The van der Waals surface area contributed by atoms with E-state index in [4.69, 9.17) is 9.47 Å². The molecule has 0 heterocycles. The lowest BCUT2D eigenvalue weighted by molar-refractivity contribution is -0.425. The Labute approximate surface area is 287 Å². The number of benzene rings is 1. The van der Waals surface area contributed by atoms with Crippen LogP contribution in [-0.4, -0.2) is 81.1 Å². The van der Waals surface area contributed by atoms with Gasteiger partial charge in [0.05, 0.1) is 31.5 Å². The van der Waals surface area contributed by atoms with Crippen LogP contribution in [0.15, 0.2) is 24.3 Å². The number of ether oxygens (including phenoxy) is 3. The van der Waals surface area contributed by atoms with Crippen LogP contribution in [0.5, 0.6) is 0 Å². The smallest absolute Gasteiger partial charge is 0.384 e. The van der Waals surface area contributed by atoms with Gasteiger partial charge in [-0.15, -0.1) is 0 Å². The van der Waals surface area contributed by atoms with Gasteiger partial charge in [0.15, 0.2) is 0 Å². The fourth-order valence-corrected chi connectivity index (χ4v) is 5.54. The zero-order valence-electron chi connectivity index (χ0n) is 24.6. The number of esters is 3. The number of alkyl halides is 14. The van der Waals surface area contributed by atoms with Crippen molar-refractivity contribution in [2.24, 2.45) is 0 Å². The Morgan fingerprint density at radius 1 is 0.723 bits per heavy atom. The highest BCUT2D eigenvalue weighted by Crippen LogP contribution is 2.62. The van der Waals surface area contributed by atoms with Gasteiger partial charge in [0.25, 0.3) is 0 Å². The SMILES string of the molecule is CCOC(=O)c1ccc(C(=O)OCCCCC(I)CC(F)(F)C(F)(F)C(F)(F)C(F)(F)C(F)(F)C(F)(F)CC(C)(I)C(=O)OC)cc1. The lowest BCUT2D eigenvalue weighted by Crippen LogP contribution is -2.71. The summed E-state index contributed by atoms with van der Waals surface area (Å²) in [6, 6.07) is 5.05. The number of carbonyl (C=O) groups excluding carboxylic acids is 3. The van der Waals surface area contributed by atoms with E-state index in [0.29, 0.717) is 14.0 Å². The predicted octanol–water partition coefficient (Wildman–Crippen LogP) is 8.95. The maximum absolute atomic E-state index is 14.4. The van der Waals surface area contributed by atoms with Crippen molar-refractivity contribution in [3.63, 3.8) is 0 Å². The van der Waals surface area contributed by atoms with Crippen LogP contribution in [0.4, 0.5) is 52.7 Å². The van der Waals surface area contributed by atoms with Crippen LogP contribution >= 0.6 is 45.2 Å². The molecular formula is C27H28F12I2O6. The molecule has 0 aromatic heterocycles. The van der Waals surface area contributed by atoms with E-state index in [1.165, 1.54) is 24.3 Å². The standard InChI is InChI=1S/C27H28F12I2O6/c1-4-46-18(42)15-8-10-16(11-9-15)19(43)47-12-6-5-7-17(40)13-22(28,29)24(32,33)26(36,37)27(38,39)25(34,35)23(30,31)14-21(2,41)20(44)45-3/h8-11,17H,4-7,12-14H2,1-3H3. The van der Waals surface area contributed by atoms with Gasteiger partial charge in [-0.05, 0) is 57.4 Å². The van der Waals surface area contributed by atoms with Crippen LogP contribution in [0.25, 0.3) is 0 Å². The maximum Gasteiger partial charge on any atom is 0.384 e. The van der Waals surface area contributed by atoms with Crippen molar-refractivity contribution in [1.82, 2.24) is 0 Å². The molecular weight excluding hydrogens is 902 g/mol. The quantitative estimate of drug-likeness (QED) is 0.0366. The first-order valence-electron chi connectivity index (χ1n) is 13.3. The van der Waals surface area contributed by atoms with Gasteiger partial charge in [-0.2, -0.15) is 52.7 Å². The Morgan fingerprint density at radius 2 is 1.15 bits per heavy atom. The number of halogens is 14. The summed E-state index contributed by atoms with van der Waals surface area (Å²) < 4.78 is 181. The molecule has 0 bridgehead atoms. The van der Waals surface area contributed by atoms with Gasteiger partial charge in [-0.25, -0.2) is 9.59 Å². The van der Waals surface area contributed by atoms with Crippen LogP contribution in [0.2, 0.25) is 0 Å². The second-order valence-corrected chi connectivity index (χ2v) is 14.4. The number of carbonyl (C=O) groups is 3. The van der Waals surface area contributed by atoms with E-state index in [9.17, 15) is 67.1 Å². The van der Waals surface area contributed by atoms with Gasteiger partial charge < -0.3 is 14.2 Å². The zero-order chi connectivity index (χ0) is 36.9. The lowest BCUT2D eigenvalue weighted by Gasteiger charge is -2.42. The summed E-state index contributed by atoms with van der Waals surface area (Å²) in [5, 5.41) is 0. The third-order valence-corrected chi connectivity index (χ3v) is 8.41. The molecule has 2 unspecified atom stereocenters. The molecule has 1 aromatic rings. The summed E-state index contributed by atoms with van der Waals surface area (Å²) >= 11 is 1.85. The maximum atomic E-state index is 14.4. The molecule has 6 nitrogen and oxygen atoms in total. The number of hydrogen-bond acceptors (Lipinski definition) is 6. The van der Waals surface area contributed by atoms with Gasteiger partial charge in [0.1, 0.15) is 3.42 Å². The molecule has 0 saturated heterocycles. The van der Waals surface area contributed by atoms with Gasteiger partial charge in [0, 0.05) is 16.8 Å². The third-order valence-electron chi connectivity index (χ3n) is 6.52. The monoisotopic (exact) mass is 930 g/mol. The molecule has 0 N–H and O–H groups in total. The van der Waals surface area contributed by atoms with Crippen molar-refractivity contribution in [2.45, 2.75) is 88.8 Å². The Bertz CT molecular complexity index is 1240. The van der Waals surface area contributed by atoms with Gasteiger partial charge >= 0.3 is 53.4 Å². The fourth-order valence-electron chi connectivity index (χ4n) is 3.85. The average molecular weight is 930 g/mol. The van der Waals surface area contributed by atoms with Gasteiger partial charge in [0.2, 0.25) is 0 Å². The molecule has 20 heteroatoms. The first-order valence-corrected chi connectivity index (χ1v) is 15.6. The molecule has 47 heavy (non-hydrogen) atoms. The number of hydrogen-bond donors (Lipinski definition) is 0. The highest BCUT2D eigenvalue weighted by Gasteiger charge is 2.90. The fraction of sp³-hybridized carbons (Fsp3) is 0.667. The van der Waals surface area contributed by atoms with Crippen molar-refractivity contribution >= 4 is 63.1 Å². The van der Waals surface area contributed by atoms with Crippen LogP contribution < -0.4 is 0 Å². The van der Waals surface area contributed by atoms with E-state index in [1.807, 2.05) is 0 Å². The molecule has 0 aliphatic heterocycles. The second-order valence-electron chi connectivity index (χ2n) is 10.3.